The maximum Gasteiger partial charge on any atom is 0.246 e. The Hall–Kier alpha value is -2.74. The Kier molecular flexibility index (Phi) is 7.18. The first-order valence-electron chi connectivity index (χ1n) is 13.0. The SMILES string of the molecule is CC[C@@H](C)C(=O)N[C@H](C(=O)N1CCC[C@H]1c1nc(-c2noc3ccccc23)cs1)C1CCCCC1. The summed E-state index contributed by atoms with van der Waals surface area (Å²) in [6, 6.07) is 7.26. The molecule has 3 aromatic rings. The van der Waals surface area contributed by atoms with Gasteiger partial charge in [0.2, 0.25) is 11.8 Å². The van der Waals surface area contributed by atoms with Gasteiger partial charge in [-0.05, 0) is 50.2 Å². The summed E-state index contributed by atoms with van der Waals surface area (Å²) in [5, 5.41) is 11.3. The second kappa shape index (κ2) is 10.5. The fraction of sp³-hybridized carbons (Fsp3) is 0.556. The van der Waals surface area contributed by atoms with Crippen LogP contribution < -0.4 is 5.32 Å². The highest BCUT2D eigenvalue weighted by molar-refractivity contribution is 7.10. The van der Waals surface area contributed by atoms with Gasteiger partial charge in [0, 0.05) is 17.8 Å². The number of para-hydroxylation sites is 1. The van der Waals surface area contributed by atoms with Crippen molar-refractivity contribution in [3.8, 4) is 11.4 Å². The number of hydrogen-bond donors (Lipinski definition) is 1. The molecule has 2 fully saturated rings. The van der Waals surface area contributed by atoms with E-state index in [1.54, 1.807) is 11.3 Å². The molecule has 8 heteroatoms. The molecule has 0 bridgehead atoms. The molecule has 1 aromatic carbocycles. The van der Waals surface area contributed by atoms with Gasteiger partial charge >= 0.3 is 0 Å². The Labute approximate surface area is 210 Å². The Bertz CT molecular complexity index is 1180. The maximum absolute atomic E-state index is 13.9. The molecular weight excluding hydrogens is 460 g/mol. The lowest BCUT2D eigenvalue weighted by Crippen LogP contribution is -2.53. The maximum atomic E-state index is 13.9. The highest BCUT2D eigenvalue weighted by Crippen LogP contribution is 2.38. The zero-order valence-electron chi connectivity index (χ0n) is 20.5. The second-order valence-electron chi connectivity index (χ2n) is 9.98. The fourth-order valence-corrected chi connectivity index (χ4v) is 6.37. The first-order chi connectivity index (χ1) is 17.1. The summed E-state index contributed by atoms with van der Waals surface area (Å²) in [4.78, 5) is 33.7. The number of nitrogens with one attached hydrogen (secondary N) is 1. The monoisotopic (exact) mass is 494 g/mol. The Morgan fingerprint density at radius 2 is 1.97 bits per heavy atom. The van der Waals surface area contributed by atoms with Crippen LogP contribution >= 0.6 is 11.3 Å². The van der Waals surface area contributed by atoms with Crippen molar-refractivity contribution in [2.75, 3.05) is 6.54 Å². The normalized spacial score (nSPS) is 20.7. The summed E-state index contributed by atoms with van der Waals surface area (Å²) in [5.41, 5.74) is 2.25. The van der Waals surface area contributed by atoms with Crippen LogP contribution in [0.25, 0.3) is 22.4 Å². The average Bonchev–Trinajstić information content (AvgIpc) is 3.65. The molecule has 2 amide bonds. The van der Waals surface area contributed by atoms with Crippen molar-refractivity contribution in [1.82, 2.24) is 20.4 Å². The van der Waals surface area contributed by atoms with Gasteiger partial charge in [-0.1, -0.05) is 50.4 Å². The molecule has 1 aliphatic heterocycles. The van der Waals surface area contributed by atoms with Crippen LogP contribution in [0.5, 0.6) is 0 Å². The van der Waals surface area contributed by atoms with Gasteiger partial charge in [-0.2, -0.15) is 0 Å². The van der Waals surface area contributed by atoms with E-state index in [0.717, 1.165) is 72.3 Å². The van der Waals surface area contributed by atoms with Crippen molar-refractivity contribution < 1.29 is 14.1 Å². The minimum atomic E-state index is -0.448. The molecule has 0 spiro atoms. The van der Waals surface area contributed by atoms with E-state index in [4.69, 9.17) is 9.51 Å². The first kappa shape index (κ1) is 24.0. The number of aromatic nitrogens is 2. The van der Waals surface area contributed by atoms with Gasteiger partial charge in [-0.25, -0.2) is 4.98 Å². The van der Waals surface area contributed by atoms with Gasteiger partial charge in [0.05, 0.1) is 11.4 Å². The number of carbonyl (C=O) groups excluding carboxylic acids is 2. The zero-order valence-corrected chi connectivity index (χ0v) is 21.4. The number of rotatable bonds is 7. The van der Waals surface area contributed by atoms with E-state index in [-0.39, 0.29) is 29.7 Å². The van der Waals surface area contributed by atoms with E-state index in [9.17, 15) is 9.59 Å². The lowest BCUT2D eigenvalue weighted by atomic mass is 9.83. The third-order valence-corrected chi connectivity index (χ3v) is 8.65. The van der Waals surface area contributed by atoms with E-state index < -0.39 is 6.04 Å². The van der Waals surface area contributed by atoms with E-state index in [1.807, 2.05) is 48.4 Å². The molecule has 3 heterocycles. The molecule has 35 heavy (non-hydrogen) atoms. The summed E-state index contributed by atoms with van der Waals surface area (Å²) < 4.78 is 5.47. The predicted octanol–water partition coefficient (Wildman–Crippen LogP) is 5.73. The van der Waals surface area contributed by atoms with Gasteiger partial charge in [-0.15, -0.1) is 11.3 Å². The summed E-state index contributed by atoms with van der Waals surface area (Å²) in [5.74, 6) is 0.155. The number of amides is 2. The molecule has 186 valence electrons. The van der Waals surface area contributed by atoms with Crippen molar-refractivity contribution in [2.24, 2.45) is 11.8 Å². The van der Waals surface area contributed by atoms with Crippen molar-refractivity contribution in [2.45, 2.75) is 77.3 Å². The van der Waals surface area contributed by atoms with Crippen molar-refractivity contribution in [1.29, 1.82) is 0 Å². The van der Waals surface area contributed by atoms with Crippen LogP contribution in [0.4, 0.5) is 0 Å². The quantitative estimate of drug-likeness (QED) is 0.453. The number of likely N-dealkylation sites (tertiary alicyclic amines) is 1. The molecule has 1 aliphatic carbocycles. The molecule has 2 aliphatic rings. The number of benzene rings is 1. The molecule has 0 radical (unpaired) electrons. The second-order valence-corrected chi connectivity index (χ2v) is 10.9. The molecular formula is C27H34N4O3S. The summed E-state index contributed by atoms with van der Waals surface area (Å²) in [6.07, 6.45) is 8.04. The van der Waals surface area contributed by atoms with E-state index in [0.29, 0.717) is 6.54 Å². The van der Waals surface area contributed by atoms with Gasteiger partial charge in [0.15, 0.2) is 5.58 Å². The predicted molar refractivity (Wildman–Crippen MR) is 137 cm³/mol. The minimum absolute atomic E-state index is 0.0124. The number of hydrogen-bond acceptors (Lipinski definition) is 6. The minimum Gasteiger partial charge on any atom is -0.356 e. The third-order valence-electron chi connectivity index (χ3n) is 7.71. The van der Waals surface area contributed by atoms with Crippen molar-refractivity contribution in [3.05, 3.63) is 34.7 Å². The Balaban J connectivity index is 1.38. The number of thiazole rings is 1. The number of nitrogens with zero attached hydrogens (tertiary/aromatic N) is 3. The van der Waals surface area contributed by atoms with Gasteiger partial charge in [0.25, 0.3) is 0 Å². The number of carbonyl (C=O) groups is 2. The van der Waals surface area contributed by atoms with Gasteiger partial charge < -0.3 is 14.7 Å². The van der Waals surface area contributed by atoms with Crippen LogP contribution in [0, 0.1) is 11.8 Å². The largest absolute Gasteiger partial charge is 0.356 e. The van der Waals surface area contributed by atoms with Gasteiger partial charge in [0.1, 0.15) is 22.4 Å². The molecule has 2 aromatic heterocycles. The topological polar surface area (TPSA) is 88.3 Å². The molecule has 1 N–H and O–H groups in total. The van der Waals surface area contributed by atoms with Crippen LogP contribution in [-0.4, -0.2) is 39.4 Å². The average molecular weight is 495 g/mol. The fourth-order valence-electron chi connectivity index (χ4n) is 5.42. The summed E-state index contributed by atoms with van der Waals surface area (Å²) in [6.45, 7) is 4.64. The van der Waals surface area contributed by atoms with Crippen LogP contribution in [0.15, 0.2) is 34.2 Å². The molecule has 7 nitrogen and oxygen atoms in total. The Morgan fingerprint density at radius 1 is 1.17 bits per heavy atom. The third kappa shape index (κ3) is 4.85. The summed E-state index contributed by atoms with van der Waals surface area (Å²) >= 11 is 1.57. The smallest absolute Gasteiger partial charge is 0.246 e. The lowest BCUT2D eigenvalue weighted by molar-refractivity contribution is -0.140. The van der Waals surface area contributed by atoms with Crippen LogP contribution in [0.1, 0.15) is 76.3 Å². The Morgan fingerprint density at radius 3 is 2.77 bits per heavy atom. The first-order valence-corrected chi connectivity index (χ1v) is 13.9. The highest BCUT2D eigenvalue weighted by atomic mass is 32.1. The zero-order chi connectivity index (χ0) is 24.4. The van der Waals surface area contributed by atoms with Gasteiger partial charge in [-0.3, -0.25) is 9.59 Å². The van der Waals surface area contributed by atoms with Crippen molar-refractivity contribution in [3.63, 3.8) is 0 Å². The van der Waals surface area contributed by atoms with E-state index >= 15 is 0 Å². The van der Waals surface area contributed by atoms with Crippen LogP contribution in [0.2, 0.25) is 0 Å². The van der Waals surface area contributed by atoms with Crippen molar-refractivity contribution >= 4 is 34.1 Å². The molecule has 0 unspecified atom stereocenters. The standard InChI is InChI=1S/C27H34N4O3S/c1-3-17(2)25(32)29-23(18-10-5-4-6-11-18)27(33)31-15-9-13-21(31)26-28-20(16-35-26)24-19-12-7-8-14-22(19)34-30-24/h7-8,12,14,16-18,21,23H,3-6,9-11,13,15H2,1-2H3,(H,29,32)/t17-,21+,23+/m1/s1. The molecule has 1 saturated carbocycles. The number of fused-ring (bicyclic) bond motifs is 1. The summed E-state index contributed by atoms with van der Waals surface area (Å²) in [7, 11) is 0. The van der Waals surface area contributed by atoms with E-state index in [2.05, 4.69) is 10.5 Å². The molecule has 3 atom stereocenters. The highest BCUT2D eigenvalue weighted by Gasteiger charge is 2.40. The van der Waals surface area contributed by atoms with Crippen LogP contribution in [-0.2, 0) is 9.59 Å². The lowest BCUT2D eigenvalue weighted by Gasteiger charge is -2.35. The van der Waals surface area contributed by atoms with E-state index in [1.165, 1.54) is 6.42 Å². The van der Waals surface area contributed by atoms with Crippen LogP contribution in [0.3, 0.4) is 0 Å². The molecule has 1 saturated heterocycles. The molecule has 5 rings (SSSR count).